The number of aliphatic carboxylic acids is 1. The van der Waals surface area contributed by atoms with E-state index in [0.717, 1.165) is 25.7 Å². The summed E-state index contributed by atoms with van der Waals surface area (Å²) in [5, 5.41) is 8.50. The van der Waals surface area contributed by atoms with E-state index in [-0.39, 0.29) is 0 Å². The quantitative estimate of drug-likeness (QED) is 0.318. The van der Waals surface area contributed by atoms with Crippen LogP contribution in [-0.2, 0) is 4.79 Å². The molecule has 0 heterocycles. The Morgan fingerprint density at radius 2 is 1.35 bits per heavy atom. The van der Waals surface area contributed by atoms with Gasteiger partial charge >= 0.3 is 5.97 Å². The van der Waals surface area contributed by atoms with Gasteiger partial charge in [-0.3, -0.25) is 4.79 Å². The van der Waals surface area contributed by atoms with Gasteiger partial charge in [-0.1, -0.05) is 63.3 Å². The number of rotatable bonds is 14. The average molecular weight is 280 g/mol. The van der Waals surface area contributed by atoms with Crippen LogP contribution in [-0.4, -0.2) is 11.1 Å². The third-order valence-electron chi connectivity index (χ3n) is 3.34. The molecule has 0 bridgehead atoms. The summed E-state index contributed by atoms with van der Waals surface area (Å²) < 4.78 is 0. The van der Waals surface area contributed by atoms with Gasteiger partial charge in [0.25, 0.3) is 0 Å². The highest BCUT2D eigenvalue weighted by Gasteiger charge is 1.95. The molecule has 0 aliphatic rings. The normalized spacial score (nSPS) is 11.7. The van der Waals surface area contributed by atoms with Gasteiger partial charge in [-0.15, -0.1) is 0 Å². The van der Waals surface area contributed by atoms with Crippen molar-refractivity contribution in [3.8, 4) is 0 Å². The largest absolute Gasteiger partial charge is 0.481 e. The van der Waals surface area contributed by atoms with Gasteiger partial charge in [0.1, 0.15) is 0 Å². The molecule has 0 saturated heterocycles. The topological polar surface area (TPSA) is 37.3 Å². The summed E-state index contributed by atoms with van der Waals surface area (Å²) in [6, 6.07) is 0. The molecule has 0 rings (SSSR count). The van der Waals surface area contributed by atoms with Crippen LogP contribution in [0.15, 0.2) is 24.3 Å². The summed E-state index contributed by atoms with van der Waals surface area (Å²) in [7, 11) is 0. The number of carboxylic acids is 1. The minimum atomic E-state index is -0.671. The second-order valence-electron chi connectivity index (χ2n) is 5.37. The number of unbranched alkanes of at least 4 members (excludes halogenated alkanes) is 8. The van der Waals surface area contributed by atoms with Gasteiger partial charge in [0, 0.05) is 6.42 Å². The van der Waals surface area contributed by atoms with Crippen LogP contribution in [0.2, 0.25) is 0 Å². The van der Waals surface area contributed by atoms with Gasteiger partial charge < -0.3 is 5.11 Å². The van der Waals surface area contributed by atoms with Crippen LogP contribution >= 0.6 is 0 Å². The number of carbonyl (C=O) groups is 1. The van der Waals surface area contributed by atoms with Gasteiger partial charge in [0.2, 0.25) is 0 Å². The predicted molar refractivity (Wildman–Crippen MR) is 87.0 cm³/mol. The van der Waals surface area contributed by atoms with E-state index in [2.05, 4.69) is 31.2 Å². The van der Waals surface area contributed by atoms with Crippen molar-refractivity contribution < 1.29 is 9.90 Å². The highest BCUT2D eigenvalue weighted by atomic mass is 16.4. The van der Waals surface area contributed by atoms with Crippen molar-refractivity contribution in [3.05, 3.63) is 24.3 Å². The van der Waals surface area contributed by atoms with E-state index in [9.17, 15) is 4.79 Å². The molecule has 0 atom stereocenters. The van der Waals surface area contributed by atoms with Crippen LogP contribution in [0.25, 0.3) is 0 Å². The zero-order chi connectivity index (χ0) is 14.9. The number of hydrogen-bond acceptors (Lipinski definition) is 1. The first-order chi connectivity index (χ1) is 9.77. The zero-order valence-corrected chi connectivity index (χ0v) is 13.2. The van der Waals surface area contributed by atoms with E-state index in [0.29, 0.717) is 6.42 Å². The fourth-order valence-corrected chi connectivity index (χ4v) is 2.09. The Balaban J connectivity index is 3.17. The fourth-order valence-electron chi connectivity index (χ4n) is 2.09. The van der Waals surface area contributed by atoms with E-state index in [1.165, 1.54) is 44.9 Å². The van der Waals surface area contributed by atoms with Gasteiger partial charge in [0.15, 0.2) is 0 Å². The van der Waals surface area contributed by atoms with Crippen molar-refractivity contribution in [1.29, 1.82) is 0 Å². The lowest BCUT2D eigenvalue weighted by molar-refractivity contribution is -0.137. The van der Waals surface area contributed by atoms with Gasteiger partial charge in [0.05, 0.1) is 0 Å². The van der Waals surface area contributed by atoms with E-state index in [1.807, 2.05) is 0 Å². The Morgan fingerprint density at radius 1 is 0.800 bits per heavy atom. The first kappa shape index (κ1) is 18.9. The van der Waals surface area contributed by atoms with Crippen LogP contribution in [0.3, 0.4) is 0 Å². The van der Waals surface area contributed by atoms with Crippen molar-refractivity contribution in [2.75, 3.05) is 0 Å². The molecule has 0 aliphatic heterocycles. The molecule has 116 valence electrons. The lowest BCUT2D eigenvalue weighted by Crippen LogP contribution is -1.93. The molecular formula is C18H32O2. The fraction of sp³-hybridized carbons (Fsp3) is 0.722. The molecule has 0 aromatic heterocycles. The number of allylic oxidation sites excluding steroid dienone is 4. The Bertz CT molecular complexity index is 267. The van der Waals surface area contributed by atoms with Gasteiger partial charge in [-0.2, -0.15) is 0 Å². The summed E-state index contributed by atoms with van der Waals surface area (Å²) in [6.07, 6.45) is 22.3. The molecule has 0 saturated carbocycles. The van der Waals surface area contributed by atoms with E-state index < -0.39 is 5.97 Å². The smallest absolute Gasteiger partial charge is 0.303 e. The van der Waals surface area contributed by atoms with Crippen LogP contribution in [0, 0.1) is 0 Å². The average Bonchev–Trinajstić information content (AvgIpc) is 2.43. The predicted octanol–water partition coefficient (Wildman–Crippen LogP) is 5.88. The Kier molecular flexibility index (Phi) is 15.2. The van der Waals surface area contributed by atoms with Crippen LogP contribution in [0.1, 0.15) is 84.0 Å². The van der Waals surface area contributed by atoms with Crippen LogP contribution < -0.4 is 0 Å². The Hall–Kier alpha value is -1.05. The zero-order valence-electron chi connectivity index (χ0n) is 13.2. The maximum atomic E-state index is 10.3. The molecule has 2 heteroatoms. The first-order valence-corrected chi connectivity index (χ1v) is 8.29. The van der Waals surface area contributed by atoms with Gasteiger partial charge in [-0.05, 0) is 38.5 Å². The Labute approximate surface area is 125 Å². The van der Waals surface area contributed by atoms with E-state index in [1.54, 1.807) is 0 Å². The molecule has 0 amide bonds. The highest BCUT2D eigenvalue weighted by molar-refractivity contribution is 5.66. The molecule has 0 aliphatic carbocycles. The molecule has 0 radical (unpaired) electrons. The van der Waals surface area contributed by atoms with E-state index in [4.69, 9.17) is 5.11 Å². The van der Waals surface area contributed by atoms with Crippen LogP contribution in [0.5, 0.6) is 0 Å². The first-order valence-electron chi connectivity index (χ1n) is 8.29. The molecule has 0 spiro atoms. The second-order valence-corrected chi connectivity index (χ2v) is 5.37. The summed E-state index contributed by atoms with van der Waals surface area (Å²) in [4.78, 5) is 10.3. The van der Waals surface area contributed by atoms with Crippen molar-refractivity contribution in [2.24, 2.45) is 0 Å². The number of carboxylic acid groups (broad SMARTS) is 1. The summed E-state index contributed by atoms with van der Waals surface area (Å²) in [6.45, 7) is 2.23. The molecule has 0 fully saturated rings. The summed E-state index contributed by atoms with van der Waals surface area (Å²) in [5.41, 5.74) is 0. The maximum absolute atomic E-state index is 10.3. The van der Waals surface area contributed by atoms with Gasteiger partial charge in [-0.25, -0.2) is 0 Å². The molecule has 20 heavy (non-hydrogen) atoms. The lowest BCUT2D eigenvalue weighted by Gasteiger charge is -1.98. The van der Waals surface area contributed by atoms with Crippen LogP contribution in [0.4, 0.5) is 0 Å². The minimum absolute atomic E-state index is 0.324. The lowest BCUT2D eigenvalue weighted by atomic mass is 10.1. The maximum Gasteiger partial charge on any atom is 0.303 e. The highest BCUT2D eigenvalue weighted by Crippen LogP contribution is 2.08. The molecule has 1 N–H and O–H groups in total. The van der Waals surface area contributed by atoms with Crippen molar-refractivity contribution in [2.45, 2.75) is 84.0 Å². The van der Waals surface area contributed by atoms with Crippen molar-refractivity contribution in [3.63, 3.8) is 0 Å². The molecule has 2 nitrogen and oxygen atoms in total. The van der Waals surface area contributed by atoms with Crippen molar-refractivity contribution in [1.82, 2.24) is 0 Å². The molecular weight excluding hydrogens is 248 g/mol. The molecule has 0 aromatic rings. The second kappa shape index (κ2) is 16.0. The minimum Gasteiger partial charge on any atom is -0.481 e. The molecule has 0 unspecified atom stereocenters. The third-order valence-corrected chi connectivity index (χ3v) is 3.34. The SMILES string of the molecule is CCCCC/C=C\C/C=C/CCCCCCCC(=O)O. The monoisotopic (exact) mass is 280 g/mol. The number of hydrogen-bond donors (Lipinski definition) is 1. The molecule has 0 aromatic carbocycles. The third kappa shape index (κ3) is 16.9. The van der Waals surface area contributed by atoms with E-state index >= 15 is 0 Å². The summed E-state index contributed by atoms with van der Waals surface area (Å²) >= 11 is 0. The van der Waals surface area contributed by atoms with Crippen molar-refractivity contribution >= 4 is 5.97 Å². The summed E-state index contributed by atoms with van der Waals surface area (Å²) in [5.74, 6) is -0.671. The standard InChI is InChI=1S/C18H32O2/c1-2-3-4-5-6-7-8-9-10-11-12-13-14-15-16-17-18(19)20/h6-7,9-10H,2-5,8,11-17H2,1H3,(H,19,20)/b7-6-,10-9+. The Morgan fingerprint density at radius 3 is 1.95 bits per heavy atom.